The number of hydrazine groups is 1. The van der Waals surface area contributed by atoms with Crippen molar-refractivity contribution >= 4 is 12.0 Å². The Bertz CT molecular complexity index is 646. The van der Waals surface area contributed by atoms with Crippen molar-refractivity contribution in [2.75, 3.05) is 19.7 Å². The summed E-state index contributed by atoms with van der Waals surface area (Å²) in [7, 11) is 0. The summed E-state index contributed by atoms with van der Waals surface area (Å²) in [6.45, 7) is 5.59. The van der Waals surface area contributed by atoms with Gasteiger partial charge in [-0.15, -0.1) is 0 Å². The third-order valence-corrected chi connectivity index (χ3v) is 4.55. The highest BCUT2D eigenvalue weighted by molar-refractivity contribution is 5.94. The van der Waals surface area contributed by atoms with Crippen molar-refractivity contribution in [2.45, 2.75) is 45.6 Å². The molecule has 3 N–H and O–H groups in total. The molecule has 1 aromatic rings. The number of nitrogens with zero attached hydrogens (tertiary/aromatic N) is 1. The van der Waals surface area contributed by atoms with E-state index in [0.717, 1.165) is 25.7 Å². The first-order valence-electron chi connectivity index (χ1n) is 9.29. The molecule has 1 fully saturated rings. The van der Waals surface area contributed by atoms with Crippen molar-refractivity contribution in [3.8, 4) is 5.75 Å². The third-order valence-electron chi connectivity index (χ3n) is 4.55. The minimum absolute atomic E-state index is 0.101. The zero-order chi connectivity index (χ0) is 19.8. The Morgan fingerprint density at radius 1 is 1.33 bits per heavy atom. The lowest BCUT2D eigenvalue weighted by molar-refractivity contribution is 0.0643. The number of carbonyl (C=O) groups excluding carboxylic acids is 2. The first-order valence-corrected chi connectivity index (χ1v) is 9.29. The number of piperidine rings is 1. The zero-order valence-electron chi connectivity index (χ0n) is 15.9. The minimum Gasteiger partial charge on any atom is -0.493 e. The van der Waals surface area contributed by atoms with Gasteiger partial charge in [-0.2, -0.15) is 0 Å². The largest absolute Gasteiger partial charge is 0.493 e. The lowest BCUT2D eigenvalue weighted by Crippen LogP contribution is -2.39. The van der Waals surface area contributed by atoms with Crippen molar-refractivity contribution in [1.29, 1.82) is 0 Å². The Labute approximate surface area is 159 Å². The fourth-order valence-electron chi connectivity index (χ4n) is 3.09. The average Bonchev–Trinajstić information content (AvgIpc) is 2.64. The van der Waals surface area contributed by atoms with Crippen LogP contribution in [0.1, 0.15) is 49.9 Å². The molecule has 1 aromatic carbocycles. The lowest BCUT2D eigenvalue weighted by Gasteiger charge is -2.31. The number of halogens is 1. The Hall–Kier alpha value is -2.35. The summed E-state index contributed by atoms with van der Waals surface area (Å²) in [5.74, 6) is 4.58. The molecule has 0 radical (unpaired) electrons. The summed E-state index contributed by atoms with van der Waals surface area (Å²) < 4.78 is 24.6. The number of nitrogen functional groups attached to an aromatic ring is 1. The van der Waals surface area contributed by atoms with Crippen LogP contribution in [0.3, 0.4) is 0 Å². The molecule has 0 unspecified atom stereocenters. The quantitative estimate of drug-likeness (QED) is 0.328. The number of likely N-dealkylation sites (tertiary alicyclic amines) is 1. The van der Waals surface area contributed by atoms with Gasteiger partial charge < -0.3 is 14.4 Å². The van der Waals surface area contributed by atoms with Crippen LogP contribution in [-0.4, -0.2) is 42.7 Å². The van der Waals surface area contributed by atoms with Gasteiger partial charge in [-0.05, 0) is 57.6 Å². The van der Waals surface area contributed by atoms with Gasteiger partial charge in [0.25, 0.3) is 5.91 Å². The van der Waals surface area contributed by atoms with E-state index in [1.54, 1.807) is 11.0 Å². The topological polar surface area (TPSA) is 93.9 Å². The van der Waals surface area contributed by atoms with Gasteiger partial charge in [0.1, 0.15) is 11.6 Å². The molecule has 2 amide bonds. The van der Waals surface area contributed by atoms with Crippen molar-refractivity contribution in [2.24, 2.45) is 11.8 Å². The van der Waals surface area contributed by atoms with Crippen LogP contribution >= 0.6 is 0 Å². The summed E-state index contributed by atoms with van der Waals surface area (Å²) in [4.78, 5) is 25.0. The fraction of sp³-hybridized carbons (Fsp3) is 0.579. The van der Waals surface area contributed by atoms with Crippen molar-refractivity contribution < 1.29 is 23.5 Å². The Kier molecular flexibility index (Phi) is 7.84. The van der Waals surface area contributed by atoms with Crippen molar-refractivity contribution in [3.05, 3.63) is 29.6 Å². The predicted octanol–water partition coefficient (Wildman–Crippen LogP) is 2.85. The molecule has 7 nitrogen and oxygen atoms in total. The van der Waals surface area contributed by atoms with Crippen LogP contribution in [0.25, 0.3) is 0 Å². The predicted molar refractivity (Wildman–Crippen MR) is 98.7 cm³/mol. The molecule has 0 aromatic heterocycles. The van der Waals surface area contributed by atoms with Crippen molar-refractivity contribution in [3.63, 3.8) is 0 Å². The van der Waals surface area contributed by atoms with E-state index in [-0.39, 0.29) is 17.8 Å². The zero-order valence-corrected chi connectivity index (χ0v) is 15.9. The maximum atomic E-state index is 13.8. The first kappa shape index (κ1) is 21.0. The third kappa shape index (κ3) is 6.39. The second kappa shape index (κ2) is 10.1. The van der Waals surface area contributed by atoms with Gasteiger partial charge >= 0.3 is 6.09 Å². The van der Waals surface area contributed by atoms with E-state index in [2.05, 4.69) is 0 Å². The molecule has 2 rings (SSSR count). The van der Waals surface area contributed by atoms with Crippen LogP contribution in [0, 0.1) is 11.7 Å². The molecule has 0 bridgehead atoms. The maximum absolute atomic E-state index is 13.8. The van der Waals surface area contributed by atoms with E-state index in [0.29, 0.717) is 31.4 Å². The number of ether oxygens (including phenoxy) is 2. The molecule has 0 atom stereocenters. The molecule has 0 spiro atoms. The number of amides is 2. The highest BCUT2D eigenvalue weighted by Gasteiger charge is 2.24. The van der Waals surface area contributed by atoms with Gasteiger partial charge in [-0.25, -0.2) is 15.0 Å². The molecule has 1 aliphatic rings. The van der Waals surface area contributed by atoms with Gasteiger partial charge in [-0.3, -0.25) is 10.2 Å². The van der Waals surface area contributed by atoms with E-state index in [1.165, 1.54) is 12.1 Å². The second-order valence-electron chi connectivity index (χ2n) is 6.97. The van der Waals surface area contributed by atoms with Gasteiger partial charge in [-0.1, -0.05) is 0 Å². The number of carbonyl (C=O) groups is 2. The SMILES string of the molecule is CC(C)OC(=O)N1CCC(CCCOc2ccc(C(=O)NN)c(F)c2)CC1. The summed E-state index contributed by atoms with van der Waals surface area (Å²) in [6, 6.07) is 4.08. The molecular weight excluding hydrogens is 353 g/mol. The van der Waals surface area contributed by atoms with E-state index in [1.807, 2.05) is 19.3 Å². The number of rotatable bonds is 7. The smallest absolute Gasteiger partial charge is 0.410 e. The molecule has 1 aliphatic heterocycles. The maximum Gasteiger partial charge on any atom is 0.410 e. The number of nitrogens with one attached hydrogen (secondary N) is 1. The number of nitrogens with two attached hydrogens (primary N) is 1. The minimum atomic E-state index is -0.678. The molecule has 0 aliphatic carbocycles. The van der Waals surface area contributed by atoms with E-state index < -0.39 is 11.7 Å². The summed E-state index contributed by atoms with van der Waals surface area (Å²) in [6.07, 6.45) is 3.39. The van der Waals surface area contributed by atoms with Crippen LogP contribution in [0.2, 0.25) is 0 Å². The molecular formula is C19H28FN3O4. The van der Waals surface area contributed by atoms with Crippen LogP contribution in [-0.2, 0) is 4.74 Å². The van der Waals surface area contributed by atoms with Crippen LogP contribution in [0.4, 0.5) is 9.18 Å². The lowest BCUT2D eigenvalue weighted by atomic mass is 9.92. The monoisotopic (exact) mass is 381 g/mol. The standard InChI is InChI=1S/C19H28FN3O4/c1-13(2)27-19(25)23-9-7-14(8-10-23)4-3-11-26-15-5-6-16(17(20)12-15)18(24)22-21/h5-6,12-14H,3-4,7-11,21H2,1-2H3,(H,22,24). The number of hydrogen-bond acceptors (Lipinski definition) is 5. The molecule has 8 heteroatoms. The first-order chi connectivity index (χ1) is 12.9. The fourth-order valence-corrected chi connectivity index (χ4v) is 3.09. The highest BCUT2D eigenvalue weighted by atomic mass is 19.1. The molecule has 150 valence electrons. The Morgan fingerprint density at radius 2 is 2.04 bits per heavy atom. The van der Waals surface area contributed by atoms with Crippen LogP contribution in [0.5, 0.6) is 5.75 Å². The van der Waals surface area contributed by atoms with E-state index >= 15 is 0 Å². The average molecular weight is 381 g/mol. The second-order valence-corrected chi connectivity index (χ2v) is 6.97. The molecule has 1 heterocycles. The van der Waals surface area contributed by atoms with Crippen molar-refractivity contribution in [1.82, 2.24) is 10.3 Å². The molecule has 1 saturated heterocycles. The van der Waals surface area contributed by atoms with Crippen LogP contribution < -0.4 is 16.0 Å². The summed E-state index contributed by atoms with van der Waals surface area (Å²) in [5, 5.41) is 0. The van der Waals surface area contributed by atoms with Gasteiger partial charge in [0, 0.05) is 19.2 Å². The van der Waals surface area contributed by atoms with Gasteiger partial charge in [0.2, 0.25) is 0 Å². The summed E-state index contributed by atoms with van der Waals surface area (Å²) in [5.41, 5.74) is 1.78. The van der Waals surface area contributed by atoms with E-state index in [4.69, 9.17) is 15.3 Å². The Morgan fingerprint density at radius 3 is 2.63 bits per heavy atom. The number of benzene rings is 1. The normalized spacial score (nSPS) is 14.9. The summed E-state index contributed by atoms with van der Waals surface area (Å²) >= 11 is 0. The molecule has 0 saturated carbocycles. The highest BCUT2D eigenvalue weighted by Crippen LogP contribution is 2.23. The Balaban J connectivity index is 1.67. The van der Waals surface area contributed by atoms with Gasteiger partial charge in [0.05, 0.1) is 18.3 Å². The van der Waals surface area contributed by atoms with Crippen LogP contribution in [0.15, 0.2) is 18.2 Å². The van der Waals surface area contributed by atoms with Gasteiger partial charge in [0.15, 0.2) is 0 Å². The van der Waals surface area contributed by atoms with E-state index in [9.17, 15) is 14.0 Å². The molecule has 27 heavy (non-hydrogen) atoms. The number of hydrogen-bond donors (Lipinski definition) is 2.